The zero-order valence-electron chi connectivity index (χ0n) is 20.6. The van der Waals surface area contributed by atoms with Gasteiger partial charge < -0.3 is 9.47 Å². The largest absolute Gasteiger partial charge is 0.493 e. The summed E-state index contributed by atoms with van der Waals surface area (Å²) in [6.07, 6.45) is 10.8. The average Bonchev–Trinajstić information content (AvgIpc) is 3.23. The van der Waals surface area contributed by atoms with Gasteiger partial charge >= 0.3 is 0 Å². The maximum atomic E-state index is 13.6. The van der Waals surface area contributed by atoms with Crippen molar-refractivity contribution in [2.45, 2.75) is 44.8 Å². The highest BCUT2D eigenvalue weighted by molar-refractivity contribution is 8.18. The Kier molecular flexibility index (Phi) is 8.12. The first-order chi connectivity index (χ1) is 18.1. The highest BCUT2D eigenvalue weighted by Crippen LogP contribution is 2.39. The Hall–Kier alpha value is -3.29. The molecule has 1 amide bonds. The van der Waals surface area contributed by atoms with Crippen LogP contribution in [-0.4, -0.2) is 34.1 Å². The highest BCUT2D eigenvalue weighted by atomic mass is 35.5. The fraction of sp³-hybridized carbons (Fsp3) is 0.276. The van der Waals surface area contributed by atoms with E-state index in [1.165, 1.54) is 18.2 Å². The summed E-state index contributed by atoms with van der Waals surface area (Å²) in [4.78, 5) is 25.1. The molecule has 1 aliphatic heterocycles. The van der Waals surface area contributed by atoms with Gasteiger partial charge in [-0.05, 0) is 66.6 Å². The Morgan fingerprint density at radius 2 is 1.95 bits per heavy atom. The van der Waals surface area contributed by atoms with Gasteiger partial charge in [-0.15, -0.1) is 0 Å². The summed E-state index contributed by atoms with van der Waals surface area (Å²) in [6.45, 7) is 0.329. The second kappa shape index (κ2) is 11.8. The zero-order valence-corrected chi connectivity index (χ0v) is 22.2. The number of aromatic nitrogens is 1. The van der Waals surface area contributed by atoms with Crippen molar-refractivity contribution in [3.63, 3.8) is 0 Å². The number of halogens is 1. The fourth-order valence-electron chi connectivity index (χ4n) is 4.57. The molecule has 6 nitrogen and oxygen atoms in total. The molecule has 190 valence electrons. The van der Waals surface area contributed by atoms with E-state index < -0.39 is 0 Å². The third-order valence-corrected chi connectivity index (χ3v) is 7.83. The second-order valence-corrected chi connectivity index (χ2v) is 10.4. The number of amidine groups is 1. The molecule has 3 aromatic rings. The van der Waals surface area contributed by atoms with Crippen LogP contribution in [0.15, 0.2) is 76.9 Å². The Balaban J connectivity index is 1.40. The normalized spacial score (nSPS) is 18.5. The summed E-state index contributed by atoms with van der Waals surface area (Å²) in [5.74, 6) is 1.19. The minimum Gasteiger partial charge on any atom is -0.493 e. The van der Waals surface area contributed by atoms with Crippen LogP contribution in [0.5, 0.6) is 11.5 Å². The lowest BCUT2D eigenvalue weighted by atomic mass is 9.94. The van der Waals surface area contributed by atoms with Crippen LogP contribution in [0.2, 0.25) is 5.02 Å². The molecule has 2 aliphatic rings. The molecule has 8 heteroatoms. The summed E-state index contributed by atoms with van der Waals surface area (Å²) < 4.78 is 11.6. The first-order valence-corrected chi connectivity index (χ1v) is 13.6. The van der Waals surface area contributed by atoms with Crippen molar-refractivity contribution in [1.29, 1.82) is 0 Å². The molecule has 0 N–H and O–H groups in total. The third-order valence-electron chi connectivity index (χ3n) is 6.47. The second-order valence-electron chi connectivity index (χ2n) is 8.97. The van der Waals surface area contributed by atoms with E-state index in [-0.39, 0.29) is 11.9 Å². The van der Waals surface area contributed by atoms with Gasteiger partial charge in [0.05, 0.1) is 23.9 Å². The van der Waals surface area contributed by atoms with Crippen LogP contribution >= 0.6 is 23.4 Å². The molecule has 1 saturated carbocycles. The van der Waals surface area contributed by atoms with Crippen molar-refractivity contribution in [2.75, 3.05) is 7.11 Å². The maximum absolute atomic E-state index is 13.6. The molecule has 0 atom stereocenters. The predicted molar refractivity (Wildman–Crippen MR) is 149 cm³/mol. The molecule has 5 rings (SSSR count). The molecule has 2 aromatic carbocycles. The number of carbonyl (C=O) groups excluding carboxylic acids is 1. The number of ether oxygens (including phenoxy) is 2. The van der Waals surface area contributed by atoms with E-state index in [1.54, 1.807) is 19.5 Å². The summed E-state index contributed by atoms with van der Waals surface area (Å²) in [5.41, 5.74) is 2.49. The topological polar surface area (TPSA) is 64.0 Å². The van der Waals surface area contributed by atoms with E-state index in [2.05, 4.69) is 4.98 Å². The maximum Gasteiger partial charge on any atom is 0.267 e. The summed E-state index contributed by atoms with van der Waals surface area (Å²) in [7, 11) is 1.60. The highest BCUT2D eigenvalue weighted by Gasteiger charge is 2.38. The van der Waals surface area contributed by atoms with Crippen LogP contribution in [0.25, 0.3) is 6.08 Å². The molecule has 0 bridgehead atoms. The Morgan fingerprint density at radius 1 is 1.11 bits per heavy atom. The number of amides is 1. The van der Waals surface area contributed by atoms with Crippen LogP contribution in [0.4, 0.5) is 5.69 Å². The lowest BCUT2D eigenvalue weighted by molar-refractivity contribution is -0.124. The number of hydrogen-bond donors (Lipinski definition) is 0. The Bertz CT molecular complexity index is 1320. The van der Waals surface area contributed by atoms with Crippen LogP contribution in [-0.2, 0) is 11.4 Å². The van der Waals surface area contributed by atoms with Crippen LogP contribution in [0.3, 0.4) is 0 Å². The lowest BCUT2D eigenvalue weighted by Crippen LogP contribution is -2.40. The van der Waals surface area contributed by atoms with Crippen LogP contribution < -0.4 is 9.47 Å². The monoisotopic (exact) mass is 533 g/mol. The smallest absolute Gasteiger partial charge is 0.267 e. The van der Waals surface area contributed by atoms with Crippen LogP contribution in [0, 0.1) is 0 Å². The number of carbonyl (C=O) groups is 1. The zero-order chi connectivity index (χ0) is 25.6. The number of hydrogen-bond acceptors (Lipinski definition) is 6. The number of aliphatic imine (C=N–C) groups is 1. The first-order valence-electron chi connectivity index (χ1n) is 12.4. The third kappa shape index (κ3) is 6.00. The van der Waals surface area contributed by atoms with E-state index in [4.69, 9.17) is 26.1 Å². The van der Waals surface area contributed by atoms with Crippen molar-refractivity contribution in [2.24, 2.45) is 4.99 Å². The molecule has 1 saturated heterocycles. The average molecular weight is 534 g/mol. The molecular formula is C29H28ClN3O3S. The molecule has 2 fully saturated rings. The predicted octanol–water partition coefficient (Wildman–Crippen LogP) is 7.26. The number of methoxy groups -OCH3 is 1. The molecule has 0 unspecified atom stereocenters. The van der Waals surface area contributed by atoms with Gasteiger partial charge in [-0.3, -0.25) is 14.7 Å². The minimum atomic E-state index is -0.00227. The van der Waals surface area contributed by atoms with E-state index >= 15 is 0 Å². The van der Waals surface area contributed by atoms with Gasteiger partial charge in [-0.2, -0.15) is 0 Å². The summed E-state index contributed by atoms with van der Waals surface area (Å²) in [6, 6.07) is 17.2. The molecule has 0 radical (unpaired) electrons. The molecule has 1 aromatic heterocycles. The molecule has 2 heterocycles. The molecule has 0 spiro atoms. The molecular weight excluding hydrogens is 506 g/mol. The summed E-state index contributed by atoms with van der Waals surface area (Å²) in [5, 5.41) is 1.37. The van der Waals surface area contributed by atoms with Gasteiger partial charge in [-0.25, -0.2) is 4.99 Å². The van der Waals surface area contributed by atoms with Gasteiger partial charge in [0, 0.05) is 22.8 Å². The quantitative estimate of drug-likeness (QED) is 0.299. The van der Waals surface area contributed by atoms with E-state index in [0.29, 0.717) is 33.2 Å². The Morgan fingerprint density at radius 3 is 2.70 bits per heavy atom. The summed E-state index contributed by atoms with van der Waals surface area (Å²) >= 11 is 7.67. The number of benzene rings is 2. The molecule has 37 heavy (non-hydrogen) atoms. The van der Waals surface area contributed by atoms with E-state index in [0.717, 1.165) is 42.5 Å². The standard InChI is InChI=1S/C29H28ClN3O3S/c1-35-26-16-20(13-14-25(26)36-19-21-8-5-6-12-24(21)30)17-27-28(34)33(23-10-3-2-4-11-23)29(37-27)32-22-9-7-15-31-18-22/h5-9,12-18,23H,2-4,10-11,19H2,1H3/b27-17-,32-29?. The van der Waals surface area contributed by atoms with Gasteiger partial charge in [0.25, 0.3) is 5.91 Å². The van der Waals surface area contributed by atoms with Crippen molar-refractivity contribution in [1.82, 2.24) is 9.88 Å². The number of nitrogens with zero attached hydrogens (tertiary/aromatic N) is 3. The van der Waals surface area contributed by atoms with Crippen molar-refractivity contribution >= 4 is 46.2 Å². The minimum absolute atomic E-state index is 0.00227. The first kappa shape index (κ1) is 25.4. The number of pyridine rings is 1. The van der Waals surface area contributed by atoms with Gasteiger partial charge in [0.1, 0.15) is 6.61 Å². The van der Waals surface area contributed by atoms with Gasteiger partial charge in [0.15, 0.2) is 16.7 Å². The van der Waals surface area contributed by atoms with Gasteiger partial charge in [0.2, 0.25) is 0 Å². The lowest BCUT2D eigenvalue weighted by Gasteiger charge is -2.30. The Labute approximate surface area is 226 Å². The van der Waals surface area contributed by atoms with E-state index in [9.17, 15) is 4.79 Å². The number of rotatable bonds is 7. The molecule has 1 aliphatic carbocycles. The SMILES string of the molecule is COc1cc(/C=C2\SC(=Nc3cccnc3)N(C3CCCCC3)C2=O)ccc1OCc1ccccc1Cl. The van der Waals surface area contributed by atoms with E-state index in [1.807, 2.05) is 65.6 Å². The van der Waals surface area contributed by atoms with Crippen molar-refractivity contribution < 1.29 is 14.3 Å². The number of thioether (sulfide) groups is 1. The van der Waals surface area contributed by atoms with Crippen molar-refractivity contribution in [3.05, 3.63) is 88.0 Å². The fourth-order valence-corrected chi connectivity index (χ4v) is 5.82. The van der Waals surface area contributed by atoms with Crippen LogP contribution in [0.1, 0.15) is 43.2 Å². The van der Waals surface area contributed by atoms with Crippen molar-refractivity contribution in [3.8, 4) is 11.5 Å². The van der Waals surface area contributed by atoms with Gasteiger partial charge in [-0.1, -0.05) is 55.1 Å².